The monoisotopic (exact) mass is 320 g/mol. The fourth-order valence-electron chi connectivity index (χ4n) is 1.72. The Labute approximate surface area is 121 Å². The maximum Gasteiger partial charge on any atom is 0.166 e. The minimum atomic E-state index is 0. The molecule has 3 rings (SSSR count). The SMILES string of the molecule is Br.c1ccc(CSc2nc3ccccc3[nH]2)cc1. The molecule has 1 N–H and O–H groups in total. The van der Waals surface area contributed by atoms with Crippen LogP contribution in [0.2, 0.25) is 0 Å². The quantitative estimate of drug-likeness (QED) is 0.723. The average molecular weight is 321 g/mol. The van der Waals surface area contributed by atoms with Gasteiger partial charge in [0.25, 0.3) is 0 Å². The van der Waals surface area contributed by atoms with Crippen molar-refractivity contribution in [3.8, 4) is 0 Å². The molecular formula is C14H13BrN2S. The Morgan fingerprint density at radius 3 is 2.44 bits per heavy atom. The van der Waals surface area contributed by atoms with E-state index in [4.69, 9.17) is 0 Å². The molecule has 4 heteroatoms. The summed E-state index contributed by atoms with van der Waals surface area (Å²) in [5.74, 6) is 0.945. The van der Waals surface area contributed by atoms with Crippen LogP contribution in [0.1, 0.15) is 5.56 Å². The number of aromatic amines is 1. The predicted octanol–water partition coefficient (Wildman–Crippen LogP) is 4.43. The minimum absolute atomic E-state index is 0. The van der Waals surface area contributed by atoms with E-state index in [1.54, 1.807) is 11.8 Å². The van der Waals surface area contributed by atoms with Crippen LogP contribution in [0, 0.1) is 0 Å². The number of H-pyrrole nitrogens is 1. The summed E-state index contributed by atoms with van der Waals surface area (Å²) in [5.41, 5.74) is 3.45. The maximum atomic E-state index is 4.54. The first-order valence-corrected chi connectivity index (χ1v) is 6.52. The zero-order valence-corrected chi connectivity index (χ0v) is 12.2. The second-order valence-electron chi connectivity index (χ2n) is 3.83. The van der Waals surface area contributed by atoms with Crippen LogP contribution in [0.25, 0.3) is 11.0 Å². The Hall–Kier alpha value is -1.26. The number of aromatic nitrogens is 2. The summed E-state index contributed by atoms with van der Waals surface area (Å²) >= 11 is 1.73. The number of hydrogen-bond acceptors (Lipinski definition) is 2. The topological polar surface area (TPSA) is 28.7 Å². The van der Waals surface area contributed by atoms with Gasteiger partial charge in [0, 0.05) is 5.75 Å². The van der Waals surface area contributed by atoms with E-state index in [1.807, 2.05) is 24.3 Å². The summed E-state index contributed by atoms with van der Waals surface area (Å²) in [6.45, 7) is 0. The van der Waals surface area contributed by atoms with Gasteiger partial charge in [0.1, 0.15) is 0 Å². The fraction of sp³-hybridized carbons (Fsp3) is 0.0714. The first kappa shape index (κ1) is 13.2. The van der Waals surface area contributed by atoms with Crippen LogP contribution in [-0.4, -0.2) is 9.97 Å². The maximum absolute atomic E-state index is 4.54. The number of hydrogen-bond donors (Lipinski definition) is 1. The van der Waals surface area contributed by atoms with Gasteiger partial charge < -0.3 is 4.98 Å². The Morgan fingerprint density at radius 2 is 1.67 bits per heavy atom. The largest absolute Gasteiger partial charge is 0.333 e. The zero-order chi connectivity index (χ0) is 11.5. The highest BCUT2D eigenvalue weighted by molar-refractivity contribution is 8.93. The predicted molar refractivity (Wildman–Crippen MR) is 82.4 cm³/mol. The summed E-state index contributed by atoms with van der Waals surface area (Å²) in [4.78, 5) is 7.85. The molecule has 0 bridgehead atoms. The van der Waals surface area contributed by atoms with E-state index in [1.165, 1.54) is 5.56 Å². The van der Waals surface area contributed by atoms with Crippen LogP contribution in [0.4, 0.5) is 0 Å². The fourth-order valence-corrected chi connectivity index (χ4v) is 2.56. The molecule has 0 saturated heterocycles. The van der Waals surface area contributed by atoms with Crippen molar-refractivity contribution < 1.29 is 0 Å². The van der Waals surface area contributed by atoms with Crippen LogP contribution >= 0.6 is 28.7 Å². The van der Waals surface area contributed by atoms with Gasteiger partial charge in [-0.15, -0.1) is 17.0 Å². The standard InChI is InChI=1S/C14H12N2S.BrH/c1-2-6-11(7-3-1)10-17-14-15-12-8-4-5-9-13(12)16-14;/h1-9H,10H2,(H,15,16);1H. The van der Waals surface area contributed by atoms with Crippen LogP contribution in [-0.2, 0) is 5.75 Å². The molecule has 18 heavy (non-hydrogen) atoms. The van der Waals surface area contributed by atoms with Gasteiger partial charge in [-0.05, 0) is 17.7 Å². The second-order valence-corrected chi connectivity index (χ2v) is 4.80. The third-order valence-electron chi connectivity index (χ3n) is 2.59. The van der Waals surface area contributed by atoms with E-state index >= 15 is 0 Å². The van der Waals surface area contributed by atoms with Gasteiger partial charge >= 0.3 is 0 Å². The summed E-state index contributed by atoms with van der Waals surface area (Å²) in [7, 11) is 0. The Balaban J connectivity index is 0.00000120. The lowest BCUT2D eigenvalue weighted by molar-refractivity contribution is 1.08. The number of nitrogens with one attached hydrogen (secondary N) is 1. The molecule has 0 unspecified atom stereocenters. The minimum Gasteiger partial charge on any atom is -0.333 e. The van der Waals surface area contributed by atoms with E-state index in [-0.39, 0.29) is 17.0 Å². The first-order chi connectivity index (χ1) is 8.42. The molecule has 2 nitrogen and oxygen atoms in total. The molecule has 0 spiro atoms. The van der Waals surface area contributed by atoms with E-state index in [0.29, 0.717) is 0 Å². The smallest absolute Gasteiger partial charge is 0.166 e. The Kier molecular flexibility index (Phi) is 4.44. The van der Waals surface area contributed by atoms with Gasteiger partial charge in [-0.25, -0.2) is 4.98 Å². The number of para-hydroxylation sites is 2. The van der Waals surface area contributed by atoms with Gasteiger partial charge in [0.2, 0.25) is 0 Å². The van der Waals surface area contributed by atoms with Crippen molar-refractivity contribution in [2.75, 3.05) is 0 Å². The van der Waals surface area contributed by atoms with Gasteiger partial charge in [-0.1, -0.05) is 54.2 Å². The number of halogens is 1. The van der Waals surface area contributed by atoms with Crippen molar-refractivity contribution in [2.45, 2.75) is 10.9 Å². The molecule has 0 amide bonds. The van der Waals surface area contributed by atoms with E-state index in [9.17, 15) is 0 Å². The van der Waals surface area contributed by atoms with Gasteiger partial charge in [0.05, 0.1) is 11.0 Å². The van der Waals surface area contributed by atoms with Crippen LogP contribution in [0.5, 0.6) is 0 Å². The Bertz CT molecular complexity index is 589. The van der Waals surface area contributed by atoms with Crippen molar-refractivity contribution >= 4 is 39.8 Å². The van der Waals surface area contributed by atoms with Crippen molar-refractivity contribution in [3.63, 3.8) is 0 Å². The summed E-state index contributed by atoms with van der Waals surface area (Å²) in [5, 5.41) is 0.982. The molecular weight excluding hydrogens is 308 g/mol. The van der Waals surface area contributed by atoms with Crippen molar-refractivity contribution in [2.24, 2.45) is 0 Å². The highest BCUT2D eigenvalue weighted by atomic mass is 79.9. The average Bonchev–Trinajstić information content (AvgIpc) is 2.80. The molecule has 0 aliphatic carbocycles. The second kappa shape index (κ2) is 6.07. The number of thioether (sulfide) groups is 1. The van der Waals surface area contributed by atoms with E-state index in [0.717, 1.165) is 21.9 Å². The molecule has 0 aliphatic rings. The lowest BCUT2D eigenvalue weighted by Crippen LogP contribution is -1.80. The molecule has 0 radical (unpaired) electrons. The van der Waals surface area contributed by atoms with Gasteiger partial charge in [0.15, 0.2) is 5.16 Å². The van der Waals surface area contributed by atoms with Crippen molar-refractivity contribution in [3.05, 3.63) is 60.2 Å². The normalized spacial score (nSPS) is 10.2. The first-order valence-electron chi connectivity index (χ1n) is 5.53. The van der Waals surface area contributed by atoms with Crippen LogP contribution < -0.4 is 0 Å². The molecule has 92 valence electrons. The lowest BCUT2D eigenvalue weighted by Gasteiger charge is -1.97. The summed E-state index contributed by atoms with van der Waals surface area (Å²) < 4.78 is 0. The molecule has 0 atom stereocenters. The molecule has 0 saturated carbocycles. The number of fused-ring (bicyclic) bond motifs is 1. The van der Waals surface area contributed by atoms with Gasteiger partial charge in [-0.2, -0.15) is 0 Å². The van der Waals surface area contributed by atoms with Crippen molar-refractivity contribution in [1.29, 1.82) is 0 Å². The zero-order valence-electron chi connectivity index (χ0n) is 9.67. The van der Waals surface area contributed by atoms with Gasteiger partial charge in [-0.3, -0.25) is 0 Å². The molecule has 1 heterocycles. The Morgan fingerprint density at radius 1 is 0.944 bits per heavy atom. The number of benzene rings is 2. The number of imidazole rings is 1. The lowest BCUT2D eigenvalue weighted by atomic mass is 10.2. The van der Waals surface area contributed by atoms with Crippen molar-refractivity contribution in [1.82, 2.24) is 9.97 Å². The summed E-state index contributed by atoms with van der Waals surface area (Å²) in [6.07, 6.45) is 0. The molecule has 3 aromatic rings. The highest BCUT2D eigenvalue weighted by Gasteiger charge is 2.02. The highest BCUT2D eigenvalue weighted by Crippen LogP contribution is 2.22. The number of nitrogens with zero attached hydrogens (tertiary/aromatic N) is 1. The molecule has 1 aromatic heterocycles. The third kappa shape index (κ3) is 2.94. The summed E-state index contributed by atoms with van der Waals surface area (Å²) in [6, 6.07) is 18.5. The van der Waals surface area contributed by atoms with E-state index < -0.39 is 0 Å². The third-order valence-corrected chi connectivity index (χ3v) is 3.53. The van der Waals surface area contributed by atoms with Crippen LogP contribution in [0.15, 0.2) is 59.8 Å². The van der Waals surface area contributed by atoms with E-state index in [2.05, 4.69) is 40.3 Å². The number of rotatable bonds is 3. The molecule has 2 aromatic carbocycles. The molecule has 0 aliphatic heterocycles. The van der Waals surface area contributed by atoms with Crippen LogP contribution in [0.3, 0.4) is 0 Å². The molecule has 0 fully saturated rings.